The van der Waals surface area contributed by atoms with Gasteiger partial charge in [0.1, 0.15) is 5.75 Å². The first-order valence-electron chi connectivity index (χ1n) is 10.3. The van der Waals surface area contributed by atoms with Crippen LogP contribution in [0.25, 0.3) is 6.08 Å². The molecule has 1 N–H and O–H groups in total. The van der Waals surface area contributed by atoms with E-state index in [0.717, 1.165) is 6.08 Å². The average molecular weight is 665 g/mol. The number of rotatable bonds is 8. The highest BCUT2D eigenvalue weighted by Crippen LogP contribution is 2.38. The summed E-state index contributed by atoms with van der Waals surface area (Å²) in [5.74, 6) is -5.50. The largest absolute Gasteiger partial charge is 0.402 e. The molecular weight excluding hydrogens is 644 g/mol. The molecule has 0 aliphatic heterocycles. The van der Waals surface area contributed by atoms with Gasteiger partial charge in [-0.2, -0.15) is 26.3 Å². The first-order chi connectivity index (χ1) is 16.4. The monoisotopic (exact) mass is 663 g/mol. The van der Waals surface area contributed by atoms with Gasteiger partial charge in [0.15, 0.2) is 9.84 Å². The second kappa shape index (κ2) is 11.7. The van der Waals surface area contributed by atoms with Gasteiger partial charge in [-0.1, -0.05) is 56.1 Å². The normalized spacial score (nSPS) is 14.6. The highest BCUT2D eigenvalue weighted by atomic mass is 79.9. The molecule has 0 bridgehead atoms. The van der Waals surface area contributed by atoms with Crippen LogP contribution in [-0.2, 0) is 9.84 Å². The first-order valence-corrected chi connectivity index (χ1v) is 13.7. The number of amides is 1. The number of nitrogens with one attached hydrogen (secondary N) is 1. The van der Waals surface area contributed by atoms with Gasteiger partial charge in [0.2, 0.25) is 0 Å². The Morgan fingerprint density at radius 1 is 1.03 bits per heavy atom. The van der Waals surface area contributed by atoms with Crippen LogP contribution in [0.15, 0.2) is 51.4 Å². The minimum absolute atomic E-state index is 0.0159. The average Bonchev–Trinajstić information content (AvgIpc) is 2.63. The van der Waals surface area contributed by atoms with Crippen molar-refractivity contribution in [1.29, 1.82) is 0 Å². The third kappa shape index (κ3) is 9.55. The lowest BCUT2D eigenvalue weighted by Gasteiger charge is -2.18. The quantitative estimate of drug-likeness (QED) is 0.310. The lowest BCUT2D eigenvalue weighted by molar-refractivity contribution is -0.139. The summed E-state index contributed by atoms with van der Waals surface area (Å²) in [6.07, 6.45) is -7.18. The molecule has 0 saturated heterocycles. The van der Waals surface area contributed by atoms with Gasteiger partial charge in [-0.25, -0.2) is 8.42 Å². The Morgan fingerprint density at radius 2 is 1.61 bits per heavy atom. The van der Waals surface area contributed by atoms with Crippen LogP contribution >= 0.6 is 31.9 Å². The summed E-state index contributed by atoms with van der Waals surface area (Å²) < 4.78 is 103. The topological polar surface area (TPSA) is 63.2 Å². The fraction of sp³-hybridized carbons (Fsp3) is 0.348. The number of sulfone groups is 1. The number of hydrogen-bond donors (Lipinski definition) is 1. The number of carbonyl (C=O) groups excluding carboxylic acids is 1. The Labute approximate surface area is 221 Å². The second-order valence-corrected chi connectivity index (χ2v) is 12.1. The number of alkyl halides is 6. The molecule has 0 aromatic heterocycles. The highest BCUT2D eigenvalue weighted by molar-refractivity contribution is 9.11. The molecule has 0 saturated carbocycles. The Morgan fingerprint density at radius 3 is 2.11 bits per heavy atom. The molecule has 36 heavy (non-hydrogen) atoms. The Bertz CT molecular complexity index is 1220. The molecule has 1 amide bonds. The van der Waals surface area contributed by atoms with E-state index in [1.165, 1.54) is 50.3 Å². The zero-order chi connectivity index (χ0) is 27.5. The summed E-state index contributed by atoms with van der Waals surface area (Å²) in [5.41, 5.74) is 0.889. The Hall–Kier alpha value is -1.86. The molecule has 2 aromatic rings. The number of allylic oxidation sites excluding steroid dienone is 1. The van der Waals surface area contributed by atoms with E-state index in [-0.39, 0.29) is 11.1 Å². The molecule has 0 heterocycles. The van der Waals surface area contributed by atoms with Gasteiger partial charge < -0.3 is 5.32 Å². The van der Waals surface area contributed by atoms with Crippen molar-refractivity contribution in [2.75, 3.05) is 11.5 Å². The Kier molecular flexibility index (Phi) is 9.85. The van der Waals surface area contributed by atoms with Crippen LogP contribution in [0.4, 0.5) is 26.3 Å². The third-order valence-electron chi connectivity index (χ3n) is 4.84. The molecule has 0 fully saturated rings. The van der Waals surface area contributed by atoms with E-state index in [2.05, 4.69) is 37.2 Å². The minimum atomic E-state index is -4.89. The van der Waals surface area contributed by atoms with Crippen molar-refractivity contribution in [2.45, 2.75) is 38.2 Å². The summed E-state index contributed by atoms with van der Waals surface area (Å²) in [6.45, 7) is 2.79. The van der Waals surface area contributed by atoms with Crippen LogP contribution < -0.4 is 5.32 Å². The molecule has 2 aromatic carbocycles. The van der Waals surface area contributed by atoms with Gasteiger partial charge in [-0.05, 0) is 54.8 Å². The summed E-state index contributed by atoms with van der Waals surface area (Å²) >= 11 is 6.36. The number of hydrogen-bond acceptors (Lipinski definition) is 3. The number of aryl methyl sites for hydroxylation is 1. The number of carbonyl (C=O) groups is 1. The van der Waals surface area contributed by atoms with Crippen molar-refractivity contribution < 1.29 is 39.6 Å². The summed E-state index contributed by atoms with van der Waals surface area (Å²) in [4.78, 5) is 12.5. The lowest BCUT2D eigenvalue weighted by atomic mass is 9.96. The van der Waals surface area contributed by atoms with Gasteiger partial charge in [0.25, 0.3) is 5.91 Å². The molecule has 198 valence electrons. The van der Waals surface area contributed by atoms with E-state index < -0.39 is 51.6 Å². The molecule has 0 radical (unpaired) electrons. The highest BCUT2D eigenvalue weighted by Gasteiger charge is 2.39. The third-order valence-corrected chi connectivity index (χ3v) is 7.53. The zero-order valence-corrected chi connectivity index (χ0v) is 22.8. The van der Waals surface area contributed by atoms with Crippen molar-refractivity contribution in [3.63, 3.8) is 0 Å². The Balaban J connectivity index is 2.18. The summed E-state index contributed by atoms with van der Waals surface area (Å²) in [5, 5.41) is 2.34. The van der Waals surface area contributed by atoms with Gasteiger partial charge in [-0.15, -0.1) is 0 Å². The van der Waals surface area contributed by atoms with E-state index in [4.69, 9.17) is 0 Å². The molecule has 0 aliphatic carbocycles. The molecule has 1 unspecified atom stereocenters. The standard InChI is InChI=1S/C23H21Br2F6NO3S/c1-13-7-15(4-6-20(23(29,30)31)16-8-17(24)10-18(25)9-16)3-5-19(13)21(33)32-14(2)11-36(34,35)12-22(26,27)28/h3-10,14,20H,11-12H2,1-2H3,(H,32,33)/b6-4+/t14-,20?/m1/s1. The maximum Gasteiger partial charge on any atom is 0.402 e. The lowest BCUT2D eigenvalue weighted by Crippen LogP contribution is -2.39. The van der Waals surface area contributed by atoms with Gasteiger partial charge in [0.05, 0.1) is 11.7 Å². The SMILES string of the molecule is Cc1cc(/C=C/C(c2cc(Br)cc(Br)c2)C(F)(F)F)ccc1C(=O)N[C@H](C)CS(=O)(=O)CC(F)(F)F. The van der Waals surface area contributed by atoms with E-state index in [9.17, 15) is 39.6 Å². The number of benzene rings is 2. The number of halogens is 8. The van der Waals surface area contributed by atoms with Crippen molar-refractivity contribution in [1.82, 2.24) is 5.32 Å². The van der Waals surface area contributed by atoms with Crippen LogP contribution in [0.2, 0.25) is 0 Å². The van der Waals surface area contributed by atoms with E-state index in [1.54, 1.807) is 6.07 Å². The fourth-order valence-corrected chi connectivity index (χ4v) is 6.24. The van der Waals surface area contributed by atoms with E-state index in [1.807, 2.05) is 0 Å². The molecule has 2 atom stereocenters. The van der Waals surface area contributed by atoms with Gasteiger partial charge >= 0.3 is 12.4 Å². The van der Waals surface area contributed by atoms with E-state index in [0.29, 0.717) is 20.1 Å². The maximum atomic E-state index is 13.7. The van der Waals surface area contributed by atoms with Gasteiger partial charge in [0, 0.05) is 20.6 Å². The molecule has 0 spiro atoms. The first kappa shape index (κ1) is 30.4. The van der Waals surface area contributed by atoms with Crippen LogP contribution in [0.3, 0.4) is 0 Å². The maximum absolute atomic E-state index is 13.7. The van der Waals surface area contributed by atoms with Crippen LogP contribution in [0, 0.1) is 6.92 Å². The van der Waals surface area contributed by atoms with Crippen molar-refractivity contribution in [3.8, 4) is 0 Å². The smallest absolute Gasteiger partial charge is 0.349 e. The van der Waals surface area contributed by atoms with Gasteiger partial charge in [-0.3, -0.25) is 4.79 Å². The molecule has 2 rings (SSSR count). The van der Waals surface area contributed by atoms with Crippen molar-refractivity contribution in [2.24, 2.45) is 0 Å². The molecule has 0 aliphatic rings. The second-order valence-electron chi connectivity index (χ2n) is 8.20. The molecule has 4 nitrogen and oxygen atoms in total. The van der Waals surface area contributed by atoms with Crippen LogP contribution in [0.1, 0.15) is 39.9 Å². The predicted molar refractivity (Wildman–Crippen MR) is 132 cm³/mol. The summed E-state index contributed by atoms with van der Waals surface area (Å²) in [7, 11) is -4.49. The van der Waals surface area contributed by atoms with Crippen molar-refractivity contribution >= 4 is 53.7 Å². The van der Waals surface area contributed by atoms with Crippen LogP contribution in [0.5, 0.6) is 0 Å². The summed E-state index contributed by atoms with van der Waals surface area (Å²) in [6, 6.07) is 7.47. The predicted octanol–water partition coefficient (Wildman–Crippen LogP) is 6.97. The van der Waals surface area contributed by atoms with Crippen molar-refractivity contribution in [3.05, 3.63) is 73.7 Å². The molecule has 13 heteroatoms. The minimum Gasteiger partial charge on any atom is -0.349 e. The molecular formula is C23H21Br2F6NO3S. The fourth-order valence-electron chi connectivity index (χ4n) is 3.45. The van der Waals surface area contributed by atoms with E-state index >= 15 is 0 Å². The van der Waals surface area contributed by atoms with Crippen LogP contribution in [-0.4, -0.2) is 44.2 Å². The zero-order valence-electron chi connectivity index (χ0n) is 18.8.